The highest BCUT2D eigenvalue weighted by atomic mass is 14.3. The van der Waals surface area contributed by atoms with Gasteiger partial charge in [0, 0.05) is 5.56 Å². The Morgan fingerprint density at radius 2 is 2.06 bits per heavy atom. The molecule has 0 radical (unpaired) electrons. The SMILES string of the molecule is C=Cc1ccc(C#N)c(C(=C)/C(C#N)=C\C)c1. The number of hydrogen-bond donors (Lipinski definition) is 0. The first-order valence-corrected chi connectivity index (χ1v) is 5.10. The lowest BCUT2D eigenvalue weighted by molar-refractivity contribution is 1.44. The fourth-order valence-corrected chi connectivity index (χ4v) is 1.49. The summed E-state index contributed by atoms with van der Waals surface area (Å²) in [6.07, 6.45) is 3.38. The largest absolute Gasteiger partial charge is 0.192 e. The van der Waals surface area contributed by atoms with E-state index < -0.39 is 0 Å². The normalized spacial score (nSPS) is 10.2. The molecule has 0 unspecified atom stereocenters. The first kappa shape index (κ1) is 12.5. The molecule has 0 spiro atoms. The van der Waals surface area contributed by atoms with Crippen LogP contribution < -0.4 is 0 Å². The van der Waals surface area contributed by atoms with Crippen LogP contribution in [0, 0.1) is 22.7 Å². The summed E-state index contributed by atoms with van der Waals surface area (Å²) in [7, 11) is 0. The van der Waals surface area contributed by atoms with Crippen LogP contribution in [0.4, 0.5) is 0 Å². The van der Waals surface area contributed by atoms with Crippen molar-refractivity contribution in [2.45, 2.75) is 6.92 Å². The molecular formula is C15H12N2. The van der Waals surface area contributed by atoms with Crippen LogP contribution in [-0.2, 0) is 0 Å². The zero-order chi connectivity index (χ0) is 12.8. The number of allylic oxidation sites excluding steroid dienone is 3. The quantitative estimate of drug-likeness (QED) is 0.576. The molecule has 0 aliphatic heterocycles. The minimum atomic E-state index is 0.475. The molecule has 0 saturated carbocycles. The van der Waals surface area contributed by atoms with Crippen molar-refractivity contribution in [2.75, 3.05) is 0 Å². The van der Waals surface area contributed by atoms with Crippen molar-refractivity contribution in [3.8, 4) is 12.1 Å². The van der Waals surface area contributed by atoms with Crippen molar-refractivity contribution >= 4 is 11.6 Å². The zero-order valence-corrected chi connectivity index (χ0v) is 9.70. The van der Waals surface area contributed by atoms with Gasteiger partial charge in [0.25, 0.3) is 0 Å². The van der Waals surface area contributed by atoms with Crippen molar-refractivity contribution in [3.63, 3.8) is 0 Å². The van der Waals surface area contributed by atoms with E-state index in [9.17, 15) is 0 Å². The van der Waals surface area contributed by atoms with Crippen LogP contribution in [0.25, 0.3) is 11.6 Å². The van der Waals surface area contributed by atoms with Crippen LogP contribution in [0.1, 0.15) is 23.6 Å². The highest BCUT2D eigenvalue weighted by Crippen LogP contribution is 2.25. The molecule has 0 aromatic heterocycles. The van der Waals surface area contributed by atoms with Crippen LogP contribution in [0.3, 0.4) is 0 Å². The van der Waals surface area contributed by atoms with E-state index in [-0.39, 0.29) is 0 Å². The number of nitrogens with zero attached hydrogens (tertiary/aromatic N) is 2. The number of hydrogen-bond acceptors (Lipinski definition) is 2. The first-order valence-electron chi connectivity index (χ1n) is 5.10. The Bertz CT molecular complexity index is 578. The van der Waals surface area contributed by atoms with E-state index in [1.807, 2.05) is 12.1 Å². The van der Waals surface area contributed by atoms with E-state index in [0.29, 0.717) is 22.3 Å². The minimum Gasteiger partial charge on any atom is -0.192 e. The van der Waals surface area contributed by atoms with Crippen LogP contribution >= 0.6 is 0 Å². The molecule has 0 amide bonds. The Labute approximate surface area is 101 Å². The molecule has 1 rings (SSSR count). The molecule has 82 valence electrons. The molecule has 1 aromatic rings. The third kappa shape index (κ3) is 2.51. The van der Waals surface area contributed by atoms with Crippen molar-refractivity contribution in [2.24, 2.45) is 0 Å². The Balaban J connectivity index is 3.40. The predicted molar refractivity (Wildman–Crippen MR) is 69.7 cm³/mol. The van der Waals surface area contributed by atoms with Crippen LogP contribution in [0.2, 0.25) is 0 Å². The third-order valence-electron chi connectivity index (χ3n) is 2.46. The molecule has 17 heavy (non-hydrogen) atoms. The van der Waals surface area contributed by atoms with Gasteiger partial charge in [-0.15, -0.1) is 0 Å². The predicted octanol–water partition coefficient (Wildman–Crippen LogP) is 3.68. The second-order valence-electron chi connectivity index (χ2n) is 3.41. The van der Waals surface area contributed by atoms with Crippen LogP contribution in [0.5, 0.6) is 0 Å². The fraction of sp³-hybridized carbons (Fsp3) is 0.0667. The Morgan fingerprint density at radius 1 is 1.35 bits per heavy atom. The first-order chi connectivity index (χ1) is 8.17. The van der Waals surface area contributed by atoms with Crippen molar-refractivity contribution in [3.05, 3.63) is 59.7 Å². The maximum absolute atomic E-state index is 9.04. The molecule has 2 nitrogen and oxygen atoms in total. The Morgan fingerprint density at radius 3 is 2.53 bits per heavy atom. The summed E-state index contributed by atoms with van der Waals surface area (Å²) >= 11 is 0. The van der Waals surface area contributed by atoms with Gasteiger partial charge in [0.1, 0.15) is 0 Å². The molecule has 0 heterocycles. The number of rotatable bonds is 3. The van der Waals surface area contributed by atoms with Gasteiger partial charge >= 0.3 is 0 Å². The summed E-state index contributed by atoms with van der Waals surface area (Å²) in [6, 6.07) is 9.50. The van der Waals surface area contributed by atoms with Crippen molar-refractivity contribution in [1.82, 2.24) is 0 Å². The molecular weight excluding hydrogens is 208 g/mol. The summed E-state index contributed by atoms with van der Waals surface area (Å²) < 4.78 is 0. The molecule has 1 aromatic carbocycles. The van der Waals surface area contributed by atoms with Crippen molar-refractivity contribution < 1.29 is 0 Å². The number of benzene rings is 1. The van der Waals surface area contributed by atoms with Gasteiger partial charge in [0.15, 0.2) is 0 Å². The van der Waals surface area contributed by atoms with Gasteiger partial charge in [-0.05, 0) is 30.2 Å². The lowest BCUT2D eigenvalue weighted by atomic mass is 9.94. The maximum atomic E-state index is 9.04. The molecule has 0 aliphatic rings. The third-order valence-corrected chi connectivity index (χ3v) is 2.46. The van der Waals surface area contributed by atoms with E-state index >= 15 is 0 Å². The van der Waals surface area contributed by atoms with E-state index in [0.717, 1.165) is 5.56 Å². The Hall–Kier alpha value is -2.58. The van der Waals surface area contributed by atoms with Crippen LogP contribution in [0.15, 0.2) is 43.0 Å². The summed E-state index contributed by atoms with van der Waals surface area (Å²) in [6.45, 7) is 9.33. The summed E-state index contributed by atoms with van der Waals surface area (Å²) in [5.41, 5.74) is 3.13. The topological polar surface area (TPSA) is 47.6 Å². The molecule has 0 N–H and O–H groups in total. The number of nitriles is 2. The molecule has 0 bridgehead atoms. The molecule has 2 heteroatoms. The second kappa shape index (κ2) is 5.49. The molecule has 0 atom stereocenters. The van der Waals surface area contributed by atoms with Crippen molar-refractivity contribution in [1.29, 1.82) is 10.5 Å². The summed E-state index contributed by atoms with van der Waals surface area (Å²) in [5.74, 6) is 0. The second-order valence-corrected chi connectivity index (χ2v) is 3.41. The van der Waals surface area contributed by atoms with E-state index in [2.05, 4.69) is 25.3 Å². The zero-order valence-electron chi connectivity index (χ0n) is 9.70. The molecule has 0 aliphatic carbocycles. The average molecular weight is 220 g/mol. The van der Waals surface area contributed by atoms with Gasteiger partial charge < -0.3 is 0 Å². The van der Waals surface area contributed by atoms with E-state index in [1.165, 1.54) is 0 Å². The lowest BCUT2D eigenvalue weighted by Gasteiger charge is -2.07. The van der Waals surface area contributed by atoms with Gasteiger partial charge in [-0.1, -0.05) is 31.4 Å². The smallest absolute Gasteiger partial charge is 0.0998 e. The minimum absolute atomic E-state index is 0.475. The highest BCUT2D eigenvalue weighted by molar-refractivity contribution is 5.84. The van der Waals surface area contributed by atoms with Gasteiger partial charge in [0.2, 0.25) is 0 Å². The standard InChI is InChI=1S/C15H12N2/c1-4-12-6-7-14(10-17)15(8-12)11(3)13(5-2)9-16/h4-8H,1,3H2,2H3/b13-5-. The van der Waals surface area contributed by atoms with Gasteiger partial charge in [-0.2, -0.15) is 10.5 Å². The fourth-order valence-electron chi connectivity index (χ4n) is 1.49. The van der Waals surface area contributed by atoms with Gasteiger partial charge in [0.05, 0.1) is 23.3 Å². The maximum Gasteiger partial charge on any atom is 0.0998 e. The van der Waals surface area contributed by atoms with Crippen LogP contribution in [-0.4, -0.2) is 0 Å². The molecule has 0 fully saturated rings. The Kier molecular flexibility index (Phi) is 4.03. The van der Waals surface area contributed by atoms with E-state index in [1.54, 1.807) is 25.1 Å². The highest BCUT2D eigenvalue weighted by Gasteiger charge is 2.09. The summed E-state index contributed by atoms with van der Waals surface area (Å²) in [5, 5.41) is 18.0. The van der Waals surface area contributed by atoms with Gasteiger partial charge in [-0.3, -0.25) is 0 Å². The molecule has 0 saturated heterocycles. The monoisotopic (exact) mass is 220 g/mol. The summed E-state index contributed by atoms with van der Waals surface area (Å²) in [4.78, 5) is 0. The van der Waals surface area contributed by atoms with E-state index in [4.69, 9.17) is 10.5 Å². The van der Waals surface area contributed by atoms with Gasteiger partial charge in [-0.25, -0.2) is 0 Å². The average Bonchev–Trinajstić information content (AvgIpc) is 2.39. The lowest BCUT2D eigenvalue weighted by Crippen LogP contribution is -1.92.